The molecular formula is C22H24OS2Te. The Balaban J connectivity index is 1.50. The molecule has 4 rings (SSSR count). The van der Waals surface area contributed by atoms with Crippen molar-refractivity contribution in [3.63, 3.8) is 0 Å². The van der Waals surface area contributed by atoms with Crippen LogP contribution >= 0.6 is 22.7 Å². The van der Waals surface area contributed by atoms with E-state index in [9.17, 15) is 4.79 Å². The molecule has 4 aromatic rings. The van der Waals surface area contributed by atoms with Crippen LogP contribution in [0, 0.1) is 0 Å². The maximum absolute atomic E-state index is 12.8. The van der Waals surface area contributed by atoms with E-state index in [1.807, 2.05) is 22.7 Å². The third-order valence-electron chi connectivity index (χ3n) is 5.09. The van der Waals surface area contributed by atoms with Crippen LogP contribution in [0.2, 0.25) is 0 Å². The van der Waals surface area contributed by atoms with Gasteiger partial charge >= 0.3 is 173 Å². The van der Waals surface area contributed by atoms with E-state index in [4.69, 9.17) is 0 Å². The molecule has 0 bridgehead atoms. The van der Waals surface area contributed by atoms with Crippen molar-refractivity contribution >= 4 is 77.8 Å². The molecule has 26 heavy (non-hydrogen) atoms. The van der Waals surface area contributed by atoms with E-state index in [1.165, 1.54) is 67.5 Å². The summed E-state index contributed by atoms with van der Waals surface area (Å²) in [5, 5.41) is 8.53. The fraction of sp³-hybridized carbons (Fsp3) is 0.409. The van der Waals surface area contributed by atoms with Crippen LogP contribution in [0.5, 0.6) is 0 Å². The second-order valence-electron chi connectivity index (χ2n) is 6.97. The van der Waals surface area contributed by atoms with Gasteiger partial charge in [-0.25, -0.2) is 0 Å². The monoisotopic (exact) mass is 498 g/mol. The Morgan fingerprint density at radius 2 is 1.54 bits per heavy atom. The quantitative estimate of drug-likeness (QED) is 0.132. The minimum atomic E-state index is -0.536. The van der Waals surface area contributed by atoms with Gasteiger partial charge < -0.3 is 0 Å². The first kappa shape index (κ1) is 18.7. The van der Waals surface area contributed by atoms with Gasteiger partial charge in [0.25, 0.3) is 0 Å². The van der Waals surface area contributed by atoms with Gasteiger partial charge in [0.05, 0.1) is 0 Å². The molecule has 1 aromatic carbocycles. The van der Waals surface area contributed by atoms with E-state index in [-0.39, 0.29) is 0 Å². The van der Waals surface area contributed by atoms with E-state index in [0.29, 0.717) is 5.78 Å². The zero-order valence-electron chi connectivity index (χ0n) is 15.2. The second kappa shape index (κ2) is 8.57. The molecule has 0 unspecified atom stereocenters. The van der Waals surface area contributed by atoms with Gasteiger partial charge in [0.15, 0.2) is 0 Å². The van der Waals surface area contributed by atoms with E-state index in [0.717, 1.165) is 16.4 Å². The Hall–Kier alpha value is -0.660. The number of fused-ring (bicyclic) bond motifs is 6. The van der Waals surface area contributed by atoms with Crippen molar-refractivity contribution in [3.05, 3.63) is 32.5 Å². The Morgan fingerprint density at radius 1 is 0.885 bits per heavy atom. The van der Waals surface area contributed by atoms with Crippen LogP contribution < -0.4 is 0 Å². The standard InChI is InChI=1S/C22H24OS2Te/c1-2-3-4-5-6-7-8-9-18(23)19-14-17-15-10-12-24-20(15)21-16(11-13-25-21)22(17)26-19/h10-14H,2-9H2,1H3. The molecule has 0 amide bonds. The average Bonchev–Trinajstić information content (AvgIpc) is 3.37. The number of hydrogen-bond donors (Lipinski definition) is 0. The summed E-state index contributed by atoms with van der Waals surface area (Å²) in [6, 6.07) is 6.75. The predicted octanol–water partition coefficient (Wildman–Crippen LogP) is 7.65. The molecule has 0 aliphatic rings. The molecule has 1 nitrogen and oxygen atoms in total. The maximum atomic E-state index is 12.8. The van der Waals surface area contributed by atoms with E-state index in [2.05, 4.69) is 35.9 Å². The summed E-state index contributed by atoms with van der Waals surface area (Å²) in [5.74, 6) is 0.420. The van der Waals surface area contributed by atoms with E-state index in [1.54, 1.807) is 0 Å². The number of Topliss-reactive ketones (excluding diaryl/α,β-unsaturated/α-hetero) is 1. The number of ketones is 1. The van der Waals surface area contributed by atoms with E-state index >= 15 is 0 Å². The zero-order chi connectivity index (χ0) is 17.9. The summed E-state index contributed by atoms with van der Waals surface area (Å²) in [5.41, 5.74) is 0. The first-order chi connectivity index (χ1) is 12.8. The summed E-state index contributed by atoms with van der Waals surface area (Å²) in [7, 11) is 0. The molecule has 0 N–H and O–H groups in total. The molecule has 3 aromatic heterocycles. The van der Waals surface area contributed by atoms with Crippen LogP contribution in [0.3, 0.4) is 0 Å². The number of rotatable bonds is 9. The molecule has 0 aliphatic heterocycles. The molecule has 0 saturated carbocycles. The van der Waals surface area contributed by atoms with Gasteiger partial charge in [-0.2, -0.15) is 0 Å². The van der Waals surface area contributed by atoms with Crippen molar-refractivity contribution in [1.82, 2.24) is 0 Å². The fourth-order valence-corrected chi connectivity index (χ4v) is 9.21. The van der Waals surface area contributed by atoms with E-state index < -0.39 is 20.4 Å². The van der Waals surface area contributed by atoms with Gasteiger partial charge in [0.2, 0.25) is 0 Å². The summed E-state index contributed by atoms with van der Waals surface area (Å²) in [4.78, 5) is 12.8. The number of unbranched alkanes of at least 4 members (excludes halogenated alkanes) is 6. The van der Waals surface area contributed by atoms with Crippen LogP contribution in [0.25, 0.3) is 29.0 Å². The van der Waals surface area contributed by atoms with Gasteiger partial charge in [-0.15, -0.1) is 0 Å². The SMILES string of the molecule is CCCCCCCCCC(=O)c1cc2c3ccsc3c3sccc3c2[te]1. The molecule has 0 atom stereocenters. The fourth-order valence-electron chi connectivity index (χ4n) is 3.66. The Bertz CT molecular complexity index is 969. The van der Waals surface area contributed by atoms with Crippen molar-refractivity contribution < 1.29 is 4.79 Å². The Labute approximate surface area is 172 Å². The van der Waals surface area contributed by atoms with Crippen LogP contribution in [-0.2, 0) is 0 Å². The van der Waals surface area contributed by atoms with Crippen LogP contribution in [0.1, 0.15) is 66.7 Å². The topological polar surface area (TPSA) is 17.1 Å². The molecule has 0 spiro atoms. The van der Waals surface area contributed by atoms with Gasteiger partial charge in [-0.05, 0) is 0 Å². The summed E-state index contributed by atoms with van der Waals surface area (Å²) in [6.07, 6.45) is 9.64. The Morgan fingerprint density at radius 3 is 2.31 bits per heavy atom. The second-order valence-corrected chi connectivity index (χ2v) is 11.8. The molecule has 0 aliphatic carbocycles. The molecule has 4 heteroatoms. The summed E-state index contributed by atoms with van der Waals surface area (Å²) >= 11 is 3.14. The van der Waals surface area contributed by atoms with Gasteiger partial charge in [0, 0.05) is 0 Å². The van der Waals surface area contributed by atoms with Crippen molar-refractivity contribution in [1.29, 1.82) is 0 Å². The molecule has 0 saturated heterocycles. The third kappa shape index (κ3) is 3.67. The van der Waals surface area contributed by atoms with Gasteiger partial charge in [-0.3, -0.25) is 0 Å². The van der Waals surface area contributed by atoms with Gasteiger partial charge in [-0.1, -0.05) is 0 Å². The van der Waals surface area contributed by atoms with Crippen LogP contribution in [-0.4, -0.2) is 26.2 Å². The number of benzene rings is 1. The first-order valence-corrected chi connectivity index (χ1v) is 13.7. The van der Waals surface area contributed by atoms with Crippen molar-refractivity contribution in [2.24, 2.45) is 0 Å². The molecule has 0 radical (unpaired) electrons. The average molecular weight is 496 g/mol. The molecule has 3 heterocycles. The third-order valence-corrected chi connectivity index (χ3v) is 10.5. The number of thiophene rings is 2. The summed E-state index contributed by atoms with van der Waals surface area (Å²) < 4.78 is 5.48. The van der Waals surface area contributed by atoms with Crippen molar-refractivity contribution in [3.8, 4) is 0 Å². The predicted molar refractivity (Wildman–Crippen MR) is 119 cm³/mol. The molecule has 136 valence electrons. The van der Waals surface area contributed by atoms with Crippen LogP contribution in [0.4, 0.5) is 0 Å². The number of carbonyl (C=O) groups is 1. The summed E-state index contributed by atoms with van der Waals surface area (Å²) in [6.45, 7) is 2.25. The van der Waals surface area contributed by atoms with Crippen molar-refractivity contribution in [2.75, 3.05) is 0 Å². The number of carbonyl (C=O) groups excluding carboxylic acids is 1. The Kier molecular flexibility index (Phi) is 6.16. The minimum absolute atomic E-state index is 0.420. The first-order valence-electron chi connectivity index (χ1n) is 9.62. The van der Waals surface area contributed by atoms with Crippen LogP contribution in [0.15, 0.2) is 29.0 Å². The normalized spacial score (nSPS) is 11.9. The van der Waals surface area contributed by atoms with Crippen molar-refractivity contribution in [2.45, 2.75) is 58.3 Å². The molecule has 0 fully saturated rings. The number of hydrogen-bond acceptors (Lipinski definition) is 3. The van der Waals surface area contributed by atoms with Gasteiger partial charge in [0.1, 0.15) is 0 Å². The molecular weight excluding hydrogens is 472 g/mol. The zero-order valence-corrected chi connectivity index (χ0v) is 19.1.